The lowest BCUT2D eigenvalue weighted by Gasteiger charge is -2.29. The Balaban J connectivity index is 2.55. The summed E-state index contributed by atoms with van der Waals surface area (Å²) in [6.07, 6.45) is 0.959. The van der Waals surface area contributed by atoms with E-state index >= 15 is 0 Å². The van der Waals surface area contributed by atoms with Gasteiger partial charge in [0.2, 0.25) is 0 Å². The third kappa shape index (κ3) is 3.82. The molecule has 0 heterocycles. The quantitative estimate of drug-likeness (QED) is 0.750. The Morgan fingerprint density at radius 3 is 2.29 bits per heavy atom. The molecule has 0 aliphatic heterocycles. The lowest BCUT2D eigenvalue weighted by Crippen LogP contribution is -2.33. The first kappa shape index (κ1) is 18.6. The third-order valence-electron chi connectivity index (χ3n) is 3.78. The van der Waals surface area contributed by atoms with Gasteiger partial charge in [-0.2, -0.15) is 0 Å². The first-order valence-electron chi connectivity index (χ1n) is 7.69. The Hall–Kier alpha value is -1.78. The van der Waals surface area contributed by atoms with Crippen LogP contribution in [0.4, 0.5) is 0 Å². The second-order valence-electron chi connectivity index (χ2n) is 5.54. The number of hydrogen-bond donors (Lipinski definition) is 1. The minimum Gasteiger partial charge on any atom is -0.480 e. The zero-order valence-electron chi connectivity index (χ0n) is 13.6. The van der Waals surface area contributed by atoms with Crippen LogP contribution in [0.15, 0.2) is 48.5 Å². The third-order valence-corrected chi connectivity index (χ3v) is 5.32. The average molecular weight is 363 g/mol. The molecule has 0 radical (unpaired) electrons. The molecule has 0 aliphatic carbocycles. The van der Waals surface area contributed by atoms with Crippen LogP contribution in [0.1, 0.15) is 32.3 Å². The van der Waals surface area contributed by atoms with Gasteiger partial charge in [0.15, 0.2) is 5.12 Å². The van der Waals surface area contributed by atoms with Crippen LogP contribution in [-0.4, -0.2) is 16.2 Å². The Morgan fingerprint density at radius 1 is 1.12 bits per heavy atom. The fourth-order valence-electron chi connectivity index (χ4n) is 2.76. The molecule has 0 aromatic heterocycles. The second kappa shape index (κ2) is 7.86. The highest BCUT2D eigenvalue weighted by molar-refractivity contribution is 8.14. The number of carboxylic acids is 1. The van der Waals surface area contributed by atoms with E-state index in [0.717, 1.165) is 22.9 Å². The Labute approximate surface area is 151 Å². The van der Waals surface area contributed by atoms with E-state index in [1.54, 1.807) is 12.1 Å². The number of carbonyl (C=O) groups excluding carboxylic acids is 1. The summed E-state index contributed by atoms with van der Waals surface area (Å²) in [4.78, 5) is 23.7. The molecule has 126 valence electrons. The second-order valence-corrected chi connectivity index (χ2v) is 7.42. The lowest BCUT2D eigenvalue weighted by molar-refractivity contribution is -0.140. The number of rotatable bonds is 6. The van der Waals surface area contributed by atoms with Crippen molar-refractivity contribution in [3.05, 3.63) is 59.1 Å². The molecule has 0 fully saturated rings. The summed E-state index contributed by atoms with van der Waals surface area (Å²) < 4.78 is -1.35. The normalized spacial score (nSPS) is 13.3. The molecule has 0 saturated heterocycles. The van der Waals surface area contributed by atoms with Gasteiger partial charge in [0.05, 0.1) is 0 Å². The van der Waals surface area contributed by atoms with Crippen LogP contribution in [-0.2, 0) is 14.3 Å². The first-order valence-corrected chi connectivity index (χ1v) is 8.88. The maximum atomic E-state index is 12.0. The zero-order chi connectivity index (χ0) is 17.7. The van der Waals surface area contributed by atoms with Crippen molar-refractivity contribution in [3.8, 4) is 11.1 Å². The van der Waals surface area contributed by atoms with Crippen molar-refractivity contribution in [2.75, 3.05) is 0 Å². The van der Waals surface area contributed by atoms with Gasteiger partial charge in [-0.15, -0.1) is 0 Å². The van der Waals surface area contributed by atoms with Gasteiger partial charge in [0.25, 0.3) is 0 Å². The van der Waals surface area contributed by atoms with E-state index in [9.17, 15) is 14.7 Å². The summed E-state index contributed by atoms with van der Waals surface area (Å²) in [7, 11) is 0. The van der Waals surface area contributed by atoms with Gasteiger partial charge >= 0.3 is 5.97 Å². The van der Waals surface area contributed by atoms with Crippen molar-refractivity contribution in [3.63, 3.8) is 0 Å². The number of thioether (sulfide) groups is 1. The van der Waals surface area contributed by atoms with E-state index in [-0.39, 0.29) is 5.12 Å². The van der Waals surface area contributed by atoms with Crippen LogP contribution < -0.4 is 0 Å². The van der Waals surface area contributed by atoms with Crippen molar-refractivity contribution in [2.45, 2.75) is 31.4 Å². The van der Waals surface area contributed by atoms with Crippen molar-refractivity contribution in [2.24, 2.45) is 0 Å². The van der Waals surface area contributed by atoms with Gasteiger partial charge in [0, 0.05) is 11.9 Å². The fraction of sp³-hybridized carbons (Fsp3) is 0.263. The number of carbonyl (C=O) groups is 2. The molecule has 1 unspecified atom stereocenters. The van der Waals surface area contributed by atoms with Gasteiger partial charge in [-0.3, -0.25) is 9.59 Å². The molecule has 0 aliphatic rings. The van der Waals surface area contributed by atoms with Gasteiger partial charge in [-0.25, -0.2) is 0 Å². The highest BCUT2D eigenvalue weighted by Crippen LogP contribution is 2.45. The predicted octanol–water partition coefficient (Wildman–Crippen LogP) is 5.37. The minimum atomic E-state index is -1.35. The molecule has 24 heavy (non-hydrogen) atoms. The van der Waals surface area contributed by atoms with Gasteiger partial charge in [-0.1, -0.05) is 79.2 Å². The molecule has 0 bridgehead atoms. The van der Waals surface area contributed by atoms with Gasteiger partial charge in [0.1, 0.15) is 4.75 Å². The summed E-state index contributed by atoms with van der Waals surface area (Å²) in [6, 6.07) is 15.1. The minimum absolute atomic E-state index is 0.242. The molecule has 2 aromatic rings. The predicted molar refractivity (Wildman–Crippen MR) is 99.4 cm³/mol. The van der Waals surface area contributed by atoms with Crippen molar-refractivity contribution >= 4 is 34.4 Å². The average Bonchev–Trinajstić information content (AvgIpc) is 2.54. The van der Waals surface area contributed by atoms with E-state index in [4.69, 9.17) is 11.6 Å². The Kier molecular flexibility index (Phi) is 6.08. The molecule has 1 atom stereocenters. The Bertz CT molecular complexity index is 746. The molecule has 5 heteroatoms. The van der Waals surface area contributed by atoms with E-state index in [1.807, 2.05) is 43.3 Å². The highest BCUT2D eigenvalue weighted by atomic mass is 35.5. The maximum Gasteiger partial charge on any atom is 0.324 e. The molecule has 2 rings (SSSR count). The van der Waals surface area contributed by atoms with Crippen molar-refractivity contribution in [1.29, 1.82) is 0 Å². The molecular weight excluding hydrogens is 344 g/mol. The molecule has 1 N–H and O–H groups in total. The Morgan fingerprint density at radius 2 is 1.79 bits per heavy atom. The fourth-order valence-corrected chi connectivity index (χ4v) is 4.33. The van der Waals surface area contributed by atoms with Gasteiger partial charge in [-0.05, 0) is 29.2 Å². The van der Waals surface area contributed by atoms with Crippen LogP contribution in [0, 0.1) is 0 Å². The molecular formula is C19H19ClO3S. The number of aliphatic carboxylic acids is 1. The van der Waals surface area contributed by atoms with Crippen LogP contribution in [0.2, 0.25) is 5.02 Å². The van der Waals surface area contributed by atoms with Crippen LogP contribution in [0.5, 0.6) is 0 Å². The van der Waals surface area contributed by atoms with Crippen molar-refractivity contribution in [1.82, 2.24) is 0 Å². The summed E-state index contributed by atoms with van der Waals surface area (Å²) in [6.45, 7) is 3.27. The smallest absolute Gasteiger partial charge is 0.324 e. The first-order chi connectivity index (χ1) is 11.4. The van der Waals surface area contributed by atoms with E-state index < -0.39 is 10.7 Å². The largest absolute Gasteiger partial charge is 0.480 e. The standard InChI is InChI=1S/C19H19ClO3S/c1-3-11-19(18(22)23,24-13(2)21)16-10-9-15(12-17(16)20)14-7-5-4-6-8-14/h4-10,12H,3,11H2,1-2H3,(H,22,23). The highest BCUT2D eigenvalue weighted by Gasteiger charge is 2.43. The van der Waals surface area contributed by atoms with Crippen LogP contribution in [0.25, 0.3) is 11.1 Å². The molecule has 3 nitrogen and oxygen atoms in total. The SMILES string of the molecule is CCCC(SC(C)=O)(C(=O)O)c1ccc(-c2ccccc2)cc1Cl. The monoisotopic (exact) mass is 362 g/mol. The van der Waals surface area contributed by atoms with E-state index in [2.05, 4.69) is 0 Å². The van der Waals surface area contributed by atoms with Crippen LogP contribution >= 0.6 is 23.4 Å². The summed E-state index contributed by atoms with van der Waals surface area (Å²) in [5.41, 5.74) is 2.38. The summed E-state index contributed by atoms with van der Waals surface area (Å²) in [5.74, 6) is -1.04. The molecule has 0 spiro atoms. The van der Waals surface area contributed by atoms with Gasteiger partial charge < -0.3 is 5.11 Å². The summed E-state index contributed by atoms with van der Waals surface area (Å²) >= 11 is 7.26. The zero-order valence-corrected chi connectivity index (χ0v) is 15.2. The number of carboxylic acid groups (broad SMARTS) is 1. The lowest BCUT2D eigenvalue weighted by atomic mass is 9.91. The van der Waals surface area contributed by atoms with Crippen LogP contribution in [0.3, 0.4) is 0 Å². The topological polar surface area (TPSA) is 54.4 Å². The molecule has 0 amide bonds. The van der Waals surface area contributed by atoms with Crippen molar-refractivity contribution < 1.29 is 14.7 Å². The molecule has 0 saturated carbocycles. The number of hydrogen-bond acceptors (Lipinski definition) is 3. The number of benzene rings is 2. The summed E-state index contributed by atoms with van der Waals surface area (Å²) in [5, 5.41) is 9.96. The maximum absolute atomic E-state index is 12.0. The number of halogens is 1. The van der Waals surface area contributed by atoms with E-state index in [1.165, 1.54) is 6.92 Å². The van der Waals surface area contributed by atoms with E-state index in [0.29, 0.717) is 23.4 Å². The molecule has 2 aromatic carbocycles.